The Labute approximate surface area is 110 Å². The summed E-state index contributed by atoms with van der Waals surface area (Å²) in [7, 11) is -4.34. The first-order chi connectivity index (χ1) is 8.86. The quantitative estimate of drug-likeness (QED) is 0.503. The maximum Gasteiger partial charge on any atom is 0.296 e. The van der Waals surface area contributed by atoms with Gasteiger partial charge in [-0.3, -0.25) is 4.55 Å². The first-order valence-electron chi connectivity index (χ1n) is 5.36. The second-order valence-corrected chi connectivity index (χ2v) is 5.36. The molecular weight excluding hydrogens is 266 g/mol. The van der Waals surface area contributed by atoms with Crippen molar-refractivity contribution in [2.75, 3.05) is 16.8 Å². The van der Waals surface area contributed by atoms with Crippen LogP contribution in [0.3, 0.4) is 0 Å². The van der Waals surface area contributed by atoms with E-state index in [1.165, 1.54) is 12.1 Å². The molecule has 0 fully saturated rings. The maximum absolute atomic E-state index is 11.1. The monoisotopic (exact) mass is 279 g/mol. The van der Waals surface area contributed by atoms with Crippen molar-refractivity contribution in [1.29, 1.82) is 0 Å². The average molecular weight is 279 g/mol. The van der Waals surface area contributed by atoms with E-state index in [2.05, 4.69) is 5.32 Å². The SMILES string of the molecule is Nc1ccc(Nc2ccc(N)c(S(=O)(=O)O)c2)cc1. The molecule has 0 heterocycles. The number of rotatable bonds is 3. The van der Waals surface area contributed by atoms with E-state index in [9.17, 15) is 8.42 Å². The number of nitrogens with two attached hydrogens (primary N) is 2. The highest BCUT2D eigenvalue weighted by atomic mass is 32.2. The van der Waals surface area contributed by atoms with Crippen molar-refractivity contribution >= 4 is 32.9 Å². The van der Waals surface area contributed by atoms with Crippen LogP contribution in [0, 0.1) is 0 Å². The van der Waals surface area contributed by atoms with Crippen LogP contribution >= 0.6 is 0 Å². The highest BCUT2D eigenvalue weighted by molar-refractivity contribution is 7.86. The van der Waals surface area contributed by atoms with E-state index in [1.54, 1.807) is 30.3 Å². The molecule has 0 aliphatic carbocycles. The van der Waals surface area contributed by atoms with Gasteiger partial charge in [0.1, 0.15) is 4.90 Å². The molecule has 0 saturated heterocycles. The van der Waals surface area contributed by atoms with Gasteiger partial charge in [0.25, 0.3) is 10.1 Å². The fraction of sp³-hybridized carbons (Fsp3) is 0. The third-order valence-electron chi connectivity index (χ3n) is 2.49. The van der Waals surface area contributed by atoms with E-state index in [4.69, 9.17) is 16.0 Å². The molecule has 100 valence electrons. The number of anilines is 4. The van der Waals surface area contributed by atoms with Crippen molar-refractivity contribution in [2.24, 2.45) is 0 Å². The molecule has 6 nitrogen and oxygen atoms in total. The van der Waals surface area contributed by atoms with Gasteiger partial charge in [0, 0.05) is 17.1 Å². The third kappa shape index (κ3) is 3.15. The van der Waals surface area contributed by atoms with Crippen LogP contribution in [-0.4, -0.2) is 13.0 Å². The summed E-state index contributed by atoms with van der Waals surface area (Å²) in [5.74, 6) is 0. The van der Waals surface area contributed by atoms with E-state index in [-0.39, 0.29) is 10.6 Å². The zero-order chi connectivity index (χ0) is 14.0. The Bertz CT molecular complexity index is 697. The molecule has 0 aliphatic rings. The van der Waals surface area contributed by atoms with Gasteiger partial charge in [-0.2, -0.15) is 8.42 Å². The minimum absolute atomic E-state index is 0.00893. The van der Waals surface area contributed by atoms with E-state index in [0.29, 0.717) is 11.4 Å². The Morgan fingerprint density at radius 3 is 2.11 bits per heavy atom. The molecule has 7 heteroatoms. The fourth-order valence-corrected chi connectivity index (χ4v) is 2.21. The molecule has 0 amide bonds. The predicted molar refractivity (Wildman–Crippen MR) is 74.8 cm³/mol. The highest BCUT2D eigenvalue weighted by Crippen LogP contribution is 2.25. The number of nitrogens with one attached hydrogen (secondary N) is 1. The lowest BCUT2D eigenvalue weighted by Gasteiger charge is -2.09. The molecule has 0 aromatic heterocycles. The first kappa shape index (κ1) is 13.2. The molecular formula is C12H13N3O3S. The van der Waals surface area contributed by atoms with Gasteiger partial charge in [0.15, 0.2) is 0 Å². The van der Waals surface area contributed by atoms with Crippen LogP contribution in [0.2, 0.25) is 0 Å². The highest BCUT2D eigenvalue weighted by Gasteiger charge is 2.14. The number of benzene rings is 2. The van der Waals surface area contributed by atoms with Crippen molar-refractivity contribution in [2.45, 2.75) is 4.90 Å². The molecule has 19 heavy (non-hydrogen) atoms. The second kappa shape index (κ2) is 4.79. The Hall–Kier alpha value is -2.25. The van der Waals surface area contributed by atoms with Crippen molar-refractivity contribution in [3.05, 3.63) is 42.5 Å². The summed E-state index contributed by atoms with van der Waals surface area (Å²) in [5.41, 5.74) is 12.9. The number of hydrogen-bond donors (Lipinski definition) is 4. The molecule has 6 N–H and O–H groups in total. The van der Waals surface area contributed by atoms with Gasteiger partial charge in [-0.25, -0.2) is 0 Å². The molecule has 0 saturated carbocycles. The Kier molecular flexibility index (Phi) is 3.32. The third-order valence-corrected chi connectivity index (χ3v) is 3.40. The van der Waals surface area contributed by atoms with Crippen molar-refractivity contribution in [3.63, 3.8) is 0 Å². The van der Waals surface area contributed by atoms with Crippen LogP contribution in [-0.2, 0) is 10.1 Å². The topological polar surface area (TPSA) is 118 Å². The van der Waals surface area contributed by atoms with Crippen LogP contribution in [0.25, 0.3) is 0 Å². The molecule has 2 rings (SSSR count). The number of hydrogen-bond acceptors (Lipinski definition) is 5. The molecule has 0 unspecified atom stereocenters. The Morgan fingerprint density at radius 1 is 0.947 bits per heavy atom. The van der Waals surface area contributed by atoms with Gasteiger partial charge in [0.2, 0.25) is 0 Å². The molecule has 0 aliphatic heterocycles. The summed E-state index contributed by atoms with van der Waals surface area (Å²) in [6.07, 6.45) is 0. The van der Waals surface area contributed by atoms with Crippen molar-refractivity contribution in [3.8, 4) is 0 Å². The van der Waals surface area contributed by atoms with Crippen molar-refractivity contribution < 1.29 is 13.0 Å². The van der Waals surface area contributed by atoms with Gasteiger partial charge in [-0.1, -0.05) is 0 Å². The summed E-state index contributed by atoms with van der Waals surface area (Å²) in [6.45, 7) is 0. The van der Waals surface area contributed by atoms with Gasteiger partial charge >= 0.3 is 0 Å². The van der Waals surface area contributed by atoms with E-state index in [1.807, 2.05) is 0 Å². The minimum Gasteiger partial charge on any atom is -0.399 e. The Morgan fingerprint density at radius 2 is 1.53 bits per heavy atom. The summed E-state index contributed by atoms with van der Waals surface area (Å²) < 4.78 is 31.3. The lowest BCUT2D eigenvalue weighted by Crippen LogP contribution is -2.04. The zero-order valence-corrected chi connectivity index (χ0v) is 10.7. The smallest absolute Gasteiger partial charge is 0.296 e. The molecule has 2 aromatic rings. The molecule has 0 spiro atoms. The van der Waals surface area contributed by atoms with Gasteiger partial charge in [0.05, 0.1) is 5.69 Å². The van der Waals surface area contributed by atoms with Gasteiger partial charge < -0.3 is 16.8 Å². The maximum atomic E-state index is 11.1. The van der Waals surface area contributed by atoms with Gasteiger partial charge in [-0.15, -0.1) is 0 Å². The predicted octanol–water partition coefficient (Wildman–Crippen LogP) is 1.84. The minimum atomic E-state index is -4.34. The van der Waals surface area contributed by atoms with E-state index < -0.39 is 10.1 Å². The Balaban J connectivity index is 2.34. The van der Waals surface area contributed by atoms with Crippen LogP contribution in [0.15, 0.2) is 47.4 Å². The van der Waals surface area contributed by atoms with Gasteiger partial charge in [-0.05, 0) is 42.5 Å². The molecule has 0 radical (unpaired) electrons. The summed E-state index contributed by atoms with van der Waals surface area (Å²) in [5, 5.41) is 2.98. The fourth-order valence-electron chi connectivity index (χ4n) is 1.57. The van der Waals surface area contributed by atoms with Crippen LogP contribution in [0.5, 0.6) is 0 Å². The first-order valence-corrected chi connectivity index (χ1v) is 6.80. The molecule has 2 aromatic carbocycles. The largest absolute Gasteiger partial charge is 0.399 e. The summed E-state index contributed by atoms with van der Waals surface area (Å²) in [6, 6.07) is 11.2. The lowest BCUT2D eigenvalue weighted by atomic mass is 10.2. The standard InChI is InChI=1S/C12H13N3O3S/c13-8-1-3-9(4-2-8)15-10-5-6-11(14)12(7-10)19(16,17)18/h1-7,15H,13-14H2,(H,16,17,18). The zero-order valence-electron chi connectivity index (χ0n) is 9.87. The van der Waals surface area contributed by atoms with E-state index in [0.717, 1.165) is 5.69 Å². The summed E-state index contributed by atoms with van der Waals surface area (Å²) in [4.78, 5) is -0.326. The molecule has 0 bridgehead atoms. The van der Waals surface area contributed by atoms with Crippen LogP contribution < -0.4 is 16.8 Å². The summed E-state index contributed by atoms with van der Waals surface area (Å²) >= 11 is 0. The van der Waals surface area contributed by atoms with Crippen LogP contribution in [0.1, 0.15) is 0 Å². The number of nitrogen functional groups attached to an aromatic ring is 2. The average Bonchev–Trinajstić information content (AvgIpc) is 2.33. The van der Waals surface area contributed by atoms with Crippen molar-refractivity contribution in [1.82, 2.24) is 0 Å². The normalized spacial score (nSPS) is 11.2. The van der Waals surface area contributed by atoms with Crippen LogP contribution in [0.4, 0.5) is 22.7 Å². The molecule has 0 atom stereocenters. The lowest BCUT2D eigenvalue weighted by molar-refractivity contribution is 0.483. The second-order valence-electron chi connectivity index (χ2n) is 3.97. The van der Waals surface area contributed by atoms with E-state index >= 15 is 0 Å².